The number of nitrogens with one attached hydrogen (secondary N) is 1. The third kappa shape index (κ3) is 4.65. The number of aromatic nitrogens is 4. The van der Waals surface area contributed by atoms with Gasteiger partial charge in [-0.2, -0.15) is 5.10 Å². The zero-order valence-corrected chi connectivity index (χ0v) is 20.9. The molecule has 2 aromatic heterocycles. The average Bonchev–Trinajstić information content (AvgIpc) is 3.02. The van der Waals surface area contributed by atoms with Crippen LogP contribution in [-0.2, 0) is 10.0 Å². The predicted molar refractivity (Wildman–Crippen MR) is 131 cm³/mol. The second-order valence-electron chi connectivity index (χ2n) is 8.40. The molecule has 0 aliphatic carbocycles. The molecule has 2 aromatic carbocycles. The van der Waals surface area contributed by atoms with Gasteiger partial charge < -0.3 is 4.74 Å². The second kappa shape index (κ2) is 8.90. The smallest absolute Gasteiger partial charge is 0.262 e. The number of benzene rings is 2. The summed E-state index contributed by atoms with van der Waals surface area (Å²) in [4.78, 5) is 0.298. The molecule has 0 unspecified atom stereocenters. The van der Waals surface area contributed by atoms with Crippen molar-refractivity contribution >= 4 is 15.7 Å². The minimum Gasteiger partial charge on any atom is -0.438 e. The van der Waals surface area contributed by atoms with E-state index in [0.29, 0.717) is 39.2 Å². The van der Waals surface area contributed by atoms with Crippen LogP contribution in [-0.4, -0.2) is 28.4 Å². The van der Waals surface area contributed by atoms with Crippen molar-refractivity contribution in [3.05, 3.63) is 82.2 Å². The molecule has 34 heavy (non-hydrogen) atoms. The van der Waals surface area contributed by atoms with Gasteiger partial charge in [-0.3, -0.25) is 4.72 Å². The van der Waals surface area contributed by atoms with Crippen LogP contribution in [0, 0.1) is 41.5 Å². The SMILES string of the molecule is Cc1cc(C)c(S(=O)(=O)Nc2ccc(Oc3ccc(-n4nc(C)c(C)c4C)nn3)cc2)c(C)c1. The van der Waals surface area contributed by atoms with E-state index in [-0.39, 0.29) is 0 Å². The van der Waals surface area contributed by atoms with Crippen LogP contribution in [0.3, 0.4) is 0 Å². The standard InChI is InChI=1S/C25H27N5O3S/c1-15-13-16(2)25(17(3)14-15)34(31,32)29-21-7-9-22(10-8-21)33-24-12-11-23(26-27-24)30-20(6)18(4)19(5)28-30/h7-14,29H,1-6H3. The lowest BCUT2D eigenvalue weighted by Crippen LogP contribution is -2.15. The van der Waals surface area contributed by atoms with Crippen molar-refractivity contribution in [3.8, 4) is 17.4 Å². The molecule has 1 N–H and O–H groups in total. The van der Waals surface area contributed by atoms with E-state index in [1.807, 2.05) is 39.8 Å². The highest BCUT2D eigenvalue weighted by Crippen LogP contribution is 2.26. The molecule has 9 heteroatoms. The number of aryl methyl sites for hydroxylation is 4. The lowest BCUT2D eigenvalue weighted by molar-refractivity contribution is 0.454. The number of hydrogen-bond acceptors (Lipinski definition) is 6. The Kier molecular flexibility index (Phi) is 6.14. The van der Waals surface area contributed by atoms with Gasteiger partial charge in [-0.05, 0) is 88.6 Å². The molecule has 0 saturated heterocycles. The first-order valence-electron chi connectivity index (χ1n) is 10.8. The highest BCUT2D eigenvalue weighted by molar-refractivity contribution is 7.92. The molecule has 0 fully saturated rings. The Morgan fingerprint density at radius 3 is 2.03 bits per heavy atom. The van der Waals surface area contributed by atoms with Crippen LogP contribution in [0.5, 0.6) is 11.6 Å². The van der Waals surface area contributed by atoms with Crippen molar-refractivity contribution in [2.75, 3.05) is 4.72 Å². The van der Waals surface area contributed by atoms with Gasteiger partial charge in [-0.25, -0.2) is 13.1 Å². The lowest BCUT2D eigenvalue weighted by Gasteiger charge is -2.14. The highest BCUT2D eigenvalue weighted by atomic mass is 32.2. The topological polar surface area (TPSA) is 99.0 Å². The monoisotopic (exact) mass is 477 g/mol. The molecule has 176 valence electrons. The molecular formula is C25H27N5O3S. The summed E-state index contributed by atoms with van der Waals surface area (Å²) in [5, 5.41) is 12.8. The maximum absolute atomic E-state index is 13.0. The molecule has 8 nitrogen and oxygen atoms in total. The summed E-state index contributed by atoms with van der Waals surface area (Å²) in [6.45, 7) is 11.5. The fourth-order valence-electron chi connectivity index (χ4n) is 3.93. The predicted octanol–water partition coefficient (Wildman–Crippen LogP) is 5.11. The van der Waals surface area contributed by atoms with Gasteiger partial charge in [0.25, 0.3) is 10.0 Å². The van der Waals surface area contributed by atoms with Crippen molar-refractivity contribution < 1.29 is 13.2 Å². The second-order valence-corrected chi connectivity index (χ2v) is 10.0. The van der Waals surface area contributed by atoms with Crippen LogP contribution in [0.4, 0.5) is 5.69 Å². The van der Waals surface area contributed by atoms with Crippen molar-refractivity contribution in [1.29, 1.82) is 0 Å². The van der Waals surface area contributed by atoms with E-state index in [0.717, 1.165) is 22.5 Å². The van der Waals surface area contributed by atoms with Crippen LogP contribution in [0.2, 0.25) is 0 Å². The summed E-state index contributed by atoms with van der Waals surface area (Å²) in [5.74, 6) is 1.43. The molecule has 0 atom stereocenters. The van der Waals surface area contributed by atoms with Crippen molar-refractivity contribution in [2.45, 2.75) is 46.4 Å². The van der Waals surface area contributed by atoms with Gasteiger partial charge in [0, 0.05) is 17.4 Å². The molecule has 0 spiro atoms. The van der Waals surface area contributed by atoms with Crippen LogP contribution in [0.15, 0.2) is 53.4 Å². The molecule has 4 rings (SSSR count). The van der Waals surface area contributed by atoms with Gasteiger partial charge in [-0.1, -0.05) is 17.7 Å². The lowest BCUT2D eigenvalue weighted by atomic mass is 10.1. The molecule has 2 heterocycles. The fourth-order valence-corrected chi connectivity index (χ4v) is 5.45. The Balaban J connectivity index is 1.47. The van der Waals surface area contributed by atoms with E-state index in [2.05, 4.69) is 20.0 Å². The van der Waals surface area contributed by atoms with Gasteiger partial charge >= 0.3 is 0 Å². The molecule has 0 saturated carbocycles. The normalized spacial score (nSPS) is 11.5. The maximum atomic E-state index is 13.0. The van der Waals surface area contributed by atoms with Crippen LogP contribution < -0.4 is 9.46 Å². The van der Waals surface area contributed by atoms with E-state index >= 15 is 0 Å². The number of hydrogen-bond donors (Lipinski definition) is 1. The summed E-state index contributed by atoms with van der Waals surface area (Å²) in [6, 6.07) is 13.9. The van der Waals surface area contributed by atoms with E-state index in [1.54, 1.807) is 54.9 Å². The van der Waals surface area contributed by atoms with Crippen LogP contribution in [0.25, 0.3) is 5.82 Å². The molecule has 0 bridgehead atoms. The zero-order valence-electron chi connectivity index (χ0n) is 20.0. The maximum Gasteiger partial charge on any atom is 0.262 e. The third-order valence-corrected chi connectivity index (χ3v) is 7.38. The molecule has 0 aliphatic heterocycles. The van der Waals surface area contributed by atoms with Gasteiger partial charge in [0.2, 0.25) is 5.88 Å². The van der Waals surface area contributed by atoms with Gasteiger partial charge in [0.1, 0.15) is 5.75 Å². The highest BCUT2D eigenvalue weighted by Gasteiger charge is 2.20. The first-order valence-corrected chi connectivity index (χ1v) is 12.3. The Morgan fingerprint density at radius 1 is 0.853 bits per heavy atom. The van der Waals surface area contributed by atoms with Gasteiger partial charge in [0.05, 0.1) is 10.6 Å². The third-order valence-electron chi connectivity index (χ3n) is 5.70. The van der Waals surface area contributed by atoms with Crippen molar-refractivity contribution in [3.63, 3.8) is 0 Å². The number of nitrogens with zero attached hydrogens (tertiary/aromatic N) is 4. The fraction of sp³-hybridized carbons (Fsp3) is 0.240. The van der Waals surface area contributed by atoms with Crippen molar-refractivity contribution in [2.24, 2.45) is 0 Å². The van der Waals surface area contributed by atoms with E-state index in [4.69, 9.17) is 4.74 Å². The first kappa shape index (κ1) is 23.4. The molecule has 4 aromatic rings. The zero-order chi connectivity index (χ0) is 24.6. The van der Waals surface area contributed by atoms with Crippen LogP contribution in [0.1, 0.15) is 33.6 Å². The molecule has 0 aliphatic rings. The van der Waals surface area contributed by atoms with E-state index in [1.165, 1.54) is 0 Å². The van der Waals surface area contributed by atoms with Gasteiger partial charge in [0.15, 0.2) is 5.82 Å². The minimum absolute atomic E-state index is 0.298. The number of rotatable bonds is 6. The Hall–Kier alpha value is -3.72. The summed E-state index contributed by atoms with van der Waals surface area (Å²) in [5.41, 5.74) is 5.96. The van der Waals surface area contributed by atoms with E-state index < -0.39 is 10.0 Å². The van der Waals surface area contributed by atoms with E-state index in [9.17, 15) is 8.42 Å². The number of anilines is 1. The minimum atomic E-state index is -3.72. The number of sulfonamides is 1. The van der Waals surface area contributed by atoms with Crippen LogP contribution >= 0.6 is 0 Å². The summed E-state index contributed by atoms with van der Waals surface area (Å²) < 4.78 is 36.1. The Labute approximate surface area is 199 Å². The Bertz CT molecular complexity index is 1430. The largest absolute Gasteiger partial charge is 0.438 e. The first-order chi connectivity index (χ1) is 16.0. The quantitative estimate of drug-likeness (QED) is 0.414. The summed E-state index contributed by atoms with van der Waals surface area (Å²) in [6.07, 6.45) is 0. The summed E-state index contributed by atoms with van der Waals surface area (Å²) >= 11 is 0. The Morgan fingerprint density at radius 2 is 1.50 bits per heavy atom. The summed E-state index contributed by atoms with van der Waals surface area (Å²) in [7, 11) is -3.72. The number of ether oxygens (including phenoxy) is 1. The molecule has 0 radical (unpaired) electrons. The van der Waals surface area contributed by atoms with Gasteiger partial charge in [-0.15, -0.1) is 10.2 Å². The average molecular weight is 478 g/mol. The van der Waals surface area contributed by atoms with Crippen molar-refractivity contribution in [1.82, 2.24) is 20.0 Å². The molecule has 0 amide bonds. The molecular weight excluding hydrogens is 450 g/mol.